The van der Waals surface area contributed by atoms with E-state index in [0.717, 1.165) is 11.1 Å². The Bertz CT molecular complexity index is 1490. The first kappa shape index (κ1) is 40.8. The van der Waals surface area contributed by atoms with E-state index in [1.54, 1.807) is 46.8 Å². The molecule has 6 N–H and O–H groups in total. The number of ether oxygens (including phenoxy) is 2. The molecule has 1 unspecified atom stereocenters. The van der Waals surface area contributed by atoms with Crippen LogP contribution >= 0.6 is 0 Å². The van der Waals surface area contributed by atoms with Crippen LogP contribution in [0.3, 0.4) is 0 Å². The summed E-state index contributed by atoms with van der Waals surface area (Å²) in [6.07, 6.45) is 0.682. The lowest BCUT2D eigenvalue weighted by Crippen LogP contribution is -2.57. The SMILES string of the molecule is CC(C)[C@H](NC(=O)OC(C)(C)C)C(=O)NC1(C(=O)Nc2ccc(CCN(C)[C@H](C(=O)OCc3ccccc3)C(C)C)cc2)C[C@H]1CCNC(N)=O. The van der Waals surface area contributed by atoms with Crippen molar-refractivity contribution in [3.05, 3.63) is 65.7 Å². The monoisotopic (exact) mass is 708 g/mol. The molecular formula is C38H56N6O7. The molecule has 1 aliphatic rings. The fraction of sp³-hybridized carbons (Fsp3) is 0.553. The number of hydrogen-bond acceptors (Lipinski definition) is 8. The summed E-state index contributed by atoms with van der Waals surface area (Å²) in [4.78, 5) is 66.1. The van der Waals surface area contributed by atoms with E-state index in [0.29, 0.717) is 31.5 Å². The minimum atomic E-state index is -1.25. The van der Waals surface area contributed by atoms with E-state index in [4.69, 9.17) is 15.2 Å². The van der Waals surface area contributed by atoms with Crippen molar-refractivity contribution in [2.24, 2.45) is 23.5 Å². The number of amides is 5. The standard InChI is InChI=1S/C38H56N6O7/c1-24(2)30(42-36(49)51-37(5,6)7)32(45)43-38(22-28(38)18-20-40-35(39)48)34(47)41-29-16-14-26(15-17-29)19-21-44(8)31(25(3)4)33(46)50-23-27-12-10-9-11-13-27/h9-17,24-25,28,30-31H,18-23H2,1-8H3,(H,41,47)(H,42,49)(H,43,45)(H3,39,40,48)/t28-,30+,31+,38?/m1/s1. The normalized spacial score (nSPS) is 18.1. The van der Waals surface area contributed by atoms with Gasteiger partial charge < -0.3 is 36.5 Å². The molecule has 2 aromatic rings. The third-order valence-corrected chi connectivity index (χ3v) is 8.81. The van der Waals surface area contributed by atoms with Crippen molar-refractivity contribution >= 4 is 35.6 Å². The summed E-state index contributed by atoms with van der Waals surface area (Å²) in [6, 6.07) is 15.0. The molecule has 1 fully saturated rings. The van der Waals surface area contributed by atoms with Crippen molar-refractivity contribution in [3.63, 3.8) is 0 Å². The highest BCUT2D eigenvalue weighted by Crippen LogP contribution is 2.47. The predicted octanol–water partition coefficient (Wildman–Crippen LogP) is 4.35. The number of carbonyl (C=O) groups is 5. The summed E-state index contributed by atoms with van der Waals surface area (Å²) in [5, 5.41) is 11.0. The van der Waals surface area contributed by atoms with Gasteiger partial charge in [-0.15, -0.1) is 0 Å². The van der Waals surface area contributed by atoms with Gasteiger partial charge in [0.15, 0.2) is 0 Å². The number of alkyl carbamates (subject to hydrolysis) is 1. The summed E-state index contributed by atoms with van der Waals surface area (Å²) < 4.78 is 11.0. The maximum absolute atomic E-state index is 13.8. The van der Waals surface area contributed by atoms with Gasteiger partial charge in [0.2, 0.25) is 11.8 Å². The molecule has 51 heavy (non-hydrogen) atoms. The summed E-state index contributed by atoms with van der Waals surface area (Å²) in [7, 11) is 1.91. The molecule has 4 atom stereocenters. The van der Waals surface area contributed by atoms with Crippen LogP contribution in [0, 0.1) is 17.8 Å². The molecule has 13 heteroatoms. The maximum atomic E-state index is 13.8. The number of nitrogens with zero attached hydrogens (tertiary/aromatic N) is 1. The largest absolute Gasteiger partial charge is 0.460 e. The fourth-order valence-electron chi connectivity index (χ4n) is 6.02. The molecule has 5 amide bonds. The number of anilines is 1. The molecular weight excluding hydrogens is 652 g/mol. The quantitative estimate of drug-likeness (QED) is 0.150. The molecule has 0 aliphatic heterocycles. The van der Waals surface area contributed by atoms with Crippen molar-refractivity contribution in [2.75, 3.05) is 25.5 Å². The number of nitrogens with one attached hydrogen (secondary N) is 4. The van der Waals surface area contributed by atoms with E-state index in [1.165, 1.54) is 0 Å². The smallest absolute Gasteiger partial charge is 0.408 e. The number of rotatable bonds is 17. The highest BCUT2D eigenvalue weighted by atomic mass is 16.6. The van der Waals surface area contributed by atoms with Crippen molar-refractivity contribution < 1.29 is 33.4 Å². The van der Waals surface area contributed by atoms with Gasteiger partial charge in [-0.1, -0.05) is 70.2 Å². The van der Waals surface area contributed by atoms with Crippen molar-refractivity contribution in [2.45, 2.75) is 97.6 Å². The number of hydrogen-bond donors (Lipinski definition) is 5. The molecule has 1 saturated carbocycles. The van der Waals surface area contributed by atoms with Crippen LogP contribution in [0.25, 0.3) is 0 Å². The van der Waals surface area contributed by atoms with Gasteiger partial charge in [0.1, 0.15) is 29.8 Å². The van der Waals surface area contributed by atoms with Gasteiger partial charge in [-0.05, 0) is 88.1 Å². The Morgan fingerprint density at radius 2 is 1.59 bits per heavy atom. The molecule has 0 radical (unpaired) electrons. The topological polar surface area (TPSA) is 181 Å². The summed E-state index contributed by atoms with van der Waals surface area (Å²) >= 11 is 0. The van der Waals surface area contributed by atoms with Crippen molar-refractivity contribution in [1.82, 2.24) is 20.9 Å². The lowest BCUT2D eigenvalue weighted by molar-refractivity contribution is -0.152. The second-order valence-corrected chi connectivity index (χ2v) is 15.0. The number of benzene rings is 2. The minimum absolute atomic E-state index is 0.0467. The molecule has 3 rings (SSSR count). The van der Waals surface area contributed by atoms with E-state index < -0.39 is 47.2 Å². The predicted molar refractivity (Wildman–Crippen MR) is 195 cm³/mol. The third-order valence-electron chi connectivity index (χ3n) is 8.81. The van der Waals surface area contributed by atoms with Gasteiger partial charge in [0.05, 0.1) is 0 Å². The van der Waals surface area contributed by atoms with Crippen LogP contribution < -0.4 is 27.0 Å². The third kappa shape index (κ3) is 12.6. The highest BCUT2D eigenvalue weighted by molar-refractivity contribution is 6.04. The Morgan fingerprint density at radius 1 is 0.941 bits per heavy atom. The summed E-state index contributed by atoms with van der Waals surface area (Å²) in [5.74, 6) is -1.70. The molecule has 280 valence electrons. The Morgan fingerprint density at radius 3 is 2.16 bits per heavy atom. The Labute approximate surface area is 301 Å². The Kier molecular flexibility index (Phi) is 14.4. The first-order valence-corrected chi connectivity index (χ1v) is 17.6. The van der Waals surface area contributed by atoms with E-state index in [-0.39, 0.29) is 36.9 Å². The summed E-state index contributed by atoms with van der Waals surface area (Å²) in [5.41, 5.74) is 5.71. The molecule has 1 aliphatic carbocycles. The van der Waals surface area contributed by atoms with Crippen LogP contribution in [0.5, 0.6) is 0 Å². The number of urea groups is 1. The molecule has 0 heterocycles. The maximum Gasteiger partial charge on any atom is 0.408 e. The van der Waals surface area contributed by atoms with E-state index in [9.17, 15) is 24.0 Å². The zero-order valence-corrected chi connectivity index (χ0v) is 31.2. The summed E-state index contributed by atoms with van der Waals surface area (Å²) in [6.45, 7) is 13.8. The zero-order chi connectivity index (χ0) is 37.9. The number of primary amides is 1. The first-order chi connectivity index (χ1) is 23.9. The molecule has 0 saturated heterocycles. The molecule has 0 aromatic heterocycles. The number of likely N-dealkylation sites (N-methyl/N-ethyl adjacent to an activating group) is 1. The van der Waals surface area contributed by atoms with Gasteiger partial charge >= 0.3 is 18.1 Å². The minimum Gasteiger partial charge on any atom is -0.460 e. The van der Waals surface area contributed by atoms with Crippen LogP contribution in [-0.4, -0.2) is 78.2 Å². The average Bonchev–Trinajstić information content (AvgIpc) is 3.74. The molecule has 0 bridgehead atoms. The molecule has 13 nitrogen and oxygen atoms in total. The van der Waals surface area contributed by atoms with E-state index >= 15 is 0 Å². The lowest BCUT2D eigenvalue weighted by atomic mass is 10.0. The second kappa shape index (κ2) is 18.0. The van der Waals surface area contributed by atoms with E-state index in [2.05, 4.69) is 21.3 Å². The van der Waals surface area contributed by atoms with Crippen LogP contribution in [-0.2, 0) is 36.9 Å². The van der Waals surface area contributed by atoms with Crippen LogP contribution in [0.2, 0.25) is 0 Å². The van der Waals surface area contributed by atoms with Gasteiger partial charge in [0.25, 0.3) is 0 Å². The molecule has 2 aromatic carbocycles. The van der Waals surface area contributed by atoms with Crippen molar-refractivity contribution in [3.8, 4) is 0 Å². The lowest BCUT2D eigenvalue weighted by Gasteiger charge is -2.29. The number of carbonyl (C=O) groups excluding carboxylic acids is 5. The second-order valence-electron chi connectivity index (χ2n) is 15.0. The van der Waals surface area contributed by atoms with E-state index in [1.807, 2.05) is 68.3 Å². The molecule has 0 spiro atoms. The first-order valence-electron chi connectivity index (χ1n) is 17.6. The fourth-order valence-corrected chi connectivity index (χ4v) is 6.02. The van der Waals surface area contributed by atoms with Crippen LogP contribution in [0.4, 0.5) is 15.3 Å². The average molecular weight is 709 g/mol. The van der Waals surface area contributed by atoms with Crippen LogP contribution in [0.15, 0.2) is 54.6 Å². The van der Waals surface area contributed by atoms with Gasteiger partial charge in [0, 0.05) is 18.8 Å². The van der Waals surface area contributed by atoms with Crippen molar-refractivity contribution in [1.29, 1.82) is 0 Å². The Hall–Kier alpha value is -4.65. The van der Waals surface area contributed by atoms with Gasteiger partial charge in [-0.2, -0.15) is 0 Å². The Balaban J connectivity index is 1.64. The van der Waals surface area contributed by atoms with Gasteiger partial charge in [-0.25, -0.2) is 9.59 Å². The van der Waals surface area contributed by atoms with Gasteiger partial charge in [-0.3, -0.25) is 19.3 Å². The van der Waals surface area contributed by atoms with Crippen LogP contribution in [0.1, 0.15) is 72.4 Å². The number of esters is 1. The zero-order valence-electron chi connectivity index (χ0n) is 31.2. The highest BCUT2D eigenvalue weighted by Gasteiger charge is 2.61. The number of nitrogens with two attached hydrogens (primary N) is 1.